The second-order valence-corrected chi connectivity index (χ2v) is 4.93. The zero-order valence-electron chi connectivity index (χ0n) is 9.28. The number of rotatable bonds is 5. The molecule has 4 nitrogen and oxygen atoms in total. The van der Waals surface area contributed by atoms with E-state index in [-0.39, 0.29) is 24.4 Å². The van der Waals surface area contributed by atoms with Crippen molar-refractivity contribution in [2.24, 2.45) is 0 Å². The van der Waals surface area contributed by atoms with Crippen LogP contribution in [0.2, 0.25) is 0 Å². The van der Waals surface area contributed by atoms with Crippen molar-refractivity contribution >= 4 is 23.6 Å². The highest BCUT2D eigenvalue weighted by Gasteiger charge is 2.29. The second-order valence-electron chi connectivity index (χ2n) is 3.53. The molecule has 0 saturated carbocycles. The first-order valence-corrected chi connectivity index (χ1v) is 6.47. The standard InChI is InChI=1S/C10H18N2O2S/c1-3-15-6-4-5-12-8(2)10(14)11-7-9(12)13/h8H,3-7H2,1-2H3,(H,11,14). The van der Waals surface area contributed by atoms with Gasteiger partial charge in [0.1, 0.15) is 6.04 Å². The Hall–Kier alpha value is -0.710. The van der Waals surface area contributed by atoms with E-state index in [0.717, 1.165) is 17.9 Å². The third kappa shape index (κ3) is 3.41. The molecule has 1 N–H and O–H groups in total. The molecule has 0 aromatic carbocycles. The van der Waals surface area contributed by atoms with Gasteiger partial charge in [0.15, 0.2) is 0 Å². The van der Waals surface area contributed by atoms with Crippen molar-refractivity contribution in [1.82, 2.24) is 10.2 Å². The van der Waals surface area contributed by atoms with Gasteiger partial charge in [0.25, 0.3) is 0 Å². The summed E-state index contributed by atoms with van der Waals surface area (Å²) in [5, 5.41) is 2.58. The summed E-state index contributed by atoms with van der Waals surface area (Å²) in [4.78, 5) is 24.5. The summed E-state index contributed by atoms with van der Waals surface area (Å²) in [5.74, 6) is 2.14. The quantitative estimate of drug-likeness (QED) is 0.699. The summed E-state index contributed by atoms with van der Waals surface area (Å²) >= 11 is 1.86. The van der Waals surface area contributed by atoms with Crippen LogP contribution in [0.1, 0.15) is 20.3 Å². The molecule has 0 radical (unpaired) electrons. The minimum absolute atomic E-state index is 0.0311. The Kier molecular flexibility index (Phi) is 4.94. The molecule has 1 aliphatic rings. The summed E-state index contributed by atoms with van der Waals surface area (Å²) < 4.78 is 0. The number of amides is 2. The molecular formula is C10H18N2O2S. The normalized spacial score (nSPS) is 21.7. The van der Waals surface area contributed by atoms with Crippen LogP contribution in [-0.2, 0) is 9.59 Å². The van der Waals surface area contributed by atoms with Gasteiger partial charge in [0.2, 0.25) is 11.8 Å². The largest absolute Gasteiger partial charge is 0.345 e. The smallest absolute Gasteiger partial charge is 0.242 e. The van der Waals surface area contributed by atoms with Crippen LogP contribution >= 0.6 is 11.8 Å². The van der Waals surface area contributed by atoms with Gasteiger partial charge >= 0.3 is 0 Å². The van der Waals surface area contributed by atoms with Crippen LogP contribution in [-0.4, -0.2) is 47.4 Å². The highest BCUT2D eigenvalue weighted by atomic mass is 32.2. The fraction of sp³-hybridized carbons (Fsp3) is 0.800. The van der Waals surface area contributed by atoms with E-state index < -0.39 is 0 Å². The lowest BCUT2D eigenvalue weighted by atomic mass is 10.2. The van der Waals surface area contributed by atoms with Crippen molar-refractivity contribution in [3.63, 3.8) is 0 Å². The number of carbonyl (C=O) groups excluding carboxylic acids is 2. The Labute approximate surface area is 94.8 Å². The lowest BCUT2D eigenvalue weighted by Crippen LogP contribution is -2.57. The van der Waals surface area contributed by atoms with E-state index in [1.807, 2.05) is 11.8 Å². The number of nitrogens with one attached hydrogen (secondary N) is 1. The van der Waals surface area contributed by atoms with Gasteiger partial charge in [-0.15, -0.1) is 0 Å². The van der Waals surface area contributed by atoms with Gasteiger partial charge in [0.05, 0.1) is 6.54 Å². The first-order chi connectivity index (χ1) is 7.16. The van der Waals surface area contributed by atoms with Gasteiger partial charge in [-0.05, 0) is 24.9 Å². The molecular weight excluding hydrogens is 212 g/mol. The number of hydrogen-bond donors (Lipinski definition) is 1. The van der Waals surface area contributed by atoms with Crippen molar-refractivity contribution in [3.8, 4) is 0 Å². The fourth-order valence-electron chi connectivity index (χ4n) is 1.57. The van der Waals surface area contributed by atoms with Crippen LogP contribution in [0.4, 0.5) is 0 Å². The van der Waals surface area contributed by atoms with E-state index in [2.05, 4.69) is 12.2 Å². The van der Waals surface area contributed by atoms with E-state index in [9.17, 15) is 9.59 Å². The summed E-state index contributed by atoms with van der Waals surface area (Å²) in [6, 6.07) is -0.308. The molecule has 1 aliphatic heterocycles. The second kappa shape index (κ2) is 6.00. The third-order valence-corrected chi connectivity index (χ3v) is 3.46. The fourth-order valence-corrected chi connectivity index (χ4v) is 2.19. The van der Waals surface area contributed by atoms with Crippen molar-refractivity contribution in [1.29, 1.82) is 0 Å². The van der Waals surface area contributed by atoms with Crippen LogP contribution in [0, 0.1) is 0 Å². The average Bonchev–Trinajstić information content (AvgIpc) is 2.23. The predicted molar refractivity (Wildman–Crippen MR) is 61.8 cm³/mol. The molecule has 1 saturated heterocycles. The van der Waals surface area contributed by atoms with Crippen LogP contribution in [0.3, 0.4) is 0 Å². The summed E-state index contributed by atoms with van der Waals surface area (Å²) in [6.07, 6.45) is 0.960. The van der Waals surface area contributed by atoms with Gasteiger partial charge < -0.3 is 10.2 Å². The average molecular weight is 230 g/mol. The molecule has 15 heavy (non-hydrogen) atoms. The van der Waals surface area contributed by atoms with Crippen molar-refractivity contribution in [2.45, 2.75) is 26.3 Å². The van der Waals surface area contributed by atoms with Gasteiger partial charge in [-0.1, -0.05) is 6.92 Å². The van der Waals surface area contributed by atoms with E-state index in [0.29, 0.717) is 6.54 Å². The van der Waals surface area contributed by atoms with Gasteiger partial charge in [-0.25, -0.2) is 0 Å². The summed E-state index contributed by atoms with van der Waals surface area (Å²) in [7, 11) is 0. The maximum atomic E-state index is 11.5. The zero-order valence-corrected chi connectivity index (χ0v) is 10.1. The Morgan fingerprint density at radius 1 is 1.53 bits per heavy atom. The summed E-state index contributed by atoms with van der Waals surface area (Å²) in [5.41, 5.74) is 0. The van der Waals surface area contributed by atoms with Crippen molar-refractivity contribution < 1.29 is 9.59 Å². The molecule has 1 atom stereocenters. The van der Waals surface area contributed by atoms with E-state index >= 15 is 0 Å². The molecule has 0 aromatic rings. The molecule has 1 fully saturated rings. The third-order valence-electron chi connectivity index (χ3n) is 2.47. The lowest BCUT2D eigenvalue weighted by Gasteiger charge is -2.32. The number of thioether (sulfide) groups is 1. The molecule has 0 bridgehead atoms. The molecule has 0 spiro atoms. The minimum atomic E-state index is -0.308. The molecule has 0 aromatic heterocycles. The molecule has 86 valence electrons. The summed E-state index contributed by atoms with van der Waals surface area (Å²) in [6.45, 7) is 4.75. The minimum Gasteiger partial charge on any atom is -0.345 e. The van der Waals surface area contributed by atoms with Crippen LogP contribution in [0.25, 0.3) is 0 Å². The Morgan fingerprint density at radius 3 is 2.93 bits per heavy atom. The number of hydrogen-bond acceptors (Lipinski definition) is 3. The predicted octanol–water partition coefficient (Wildman–Crippen LogP) is 0.476. The number of nitrogens with zero attached hydrogens (tertiary/aromatic N) is 1. The molecule has 1 heterocycles. The molecule has 0 aliphatic carbocycles. The first-order valence-electron chi connectivity index (χ1n) is 5.31. The monoisotopic (exact) mass is 230 g/mol. The van der Waals surface area contributed by atoms with Crippen LogP contribution in [0.5, 0.6) is 0 Å². The maximum absolute atomic E-state index is 11.5. The number of carbonyl (C=O) groups is 2. The lowest BCUT2D eigenvalue weighted by molar-refractivity contribution is -0.144. The highest BCUT2D eigenvalue weighted by molar-refractivity contribution is 7.99. The Balaban J connectivity index is 2.36. The molecule has 1 unspecified atom stereocenters. The molecule has 1 rings (SSSR count). The first kappa shape index (κ1) is 12.4. The topological polar surface area (TPSA) is 49.4 Å². The highest BCUT2D eigenvalue weighted by Crippen LogP contribution is 2.08. The van der Waals surface area contributed by atoms with Gasteiger partial charge in [0, 0.05) is 6.54 Å². The van der Waals surface area contributed by atoms with Crippen LogP contribution in [0.15, 0.2) is 0 Å². The Morgan fingerprint density at radius 2 is 2.27 bits per heavy atom. The van der Waals surface area contributed by atoms with Crippen LogP contribution < -0.4 is 5.32 Å². The van der Waals surface area contributed by atoms with E-state index in [1.54, 1.807) is 11.8 Å². The van der Waals surface area contributed by atoms with Crippen molar-refractivity contribution in [3.05, 3.63) is 0 Å². The van der Waals surface area contributed by atoms with Gasteiger partial charge in [-0.2, -0.15) is 11.8 Å². The van der Waals surface area contributed by atoms with Crippen molar-refractivity contribution in [2.75, 3.05) is 24.6 Å². The zero-order chi connectivity index (χ0) is 11.3. The maximum Gasteiger partial charge on any atom is 0.242 e. The Bertz CT molecular complexity index is 246. The molecule has 5 heteroatoms. The number of piperazine rings is 1. The molecule has 2 amide bonds. The SMILES string of the molecule is CCSCCCN1C(=O)CNC(=O)C1C. The van der Waals surface area contributed by atoms with Gasteiger partial charge in [-0.3, -0.25) is 9.59 Å². The van der Waals surface area contributed by atoms with E-state index in [4.69, 9.17) is 0 Å². The van der Waals surface area contributed by atoms with E-state index in [1.165, 1.54) is 0 Å².